The largest absolute Gasteiger partial charge is 0.497 e. The summed E-state index contributed by atoms with van der Waals surface area (Å²) in [7, 11) is 1.63. The lowest BCUT2D eigenvalue weighted by Crippen LogP contribution is -2.18. The van der Waals surface area contributed by atoms with Gasteiger partial charge in [-0.3, -0.25) is 20.0 Å². The number of anilines is 1. The van der Waals surface area contributed by atoms with Crippen molar-refractivity contribution in [3.05, 3.63) is 52.5 Å². The summed E-state index contributed by atoms with van der Waals surface area (Å²) in [5.41, 5.74) is 1.68. The van der Waals surface area contributed by atoms with Gasteiger partial charge in [0.1, 0.15) is 5.75 Å². The van der Waals surface area contributed by atoms with Crippen LogP contribution < -0.4 is 10.1 Å². The number of nitrogens with one attached hydrogen (secondary N) is 1. The number of carbonyl (C=O) groups excluding carboxylic acids is 1. The molecule has 0 fully saturated rings. The number of rotatable bonds is 8. The van der Waals surface area contributed by atoms with Crippen molar-refractivity contribution < 1.29 is 24.8 Å². The lowest BCUT2D eigenvalue weighted by atomic mass is 9.97. The first-order valence-electron chi connectivity index (χ1n) is 9.03. The van der Waals surface area contributed by atoms with Crippen LogP contribution in [0.15, 0.2) is 36.4 Å². The monoisotopic (exact) mass is 417 g/mol. The van der Waals surface area contributed by atoms with Crippen LogP contribution in [-0.2, 0) is 16.1 Å². The number of hydrogen-bond donors (Lipinski definition) is 3. The van der Waals surface area contributed by atoms with Gasteiger partial charge in [-0.15, -0.1) is 11.3 Å². The fourth-order valence-electron chi connectivity index (χ4n) is 2.94. The summed E-state index contributed by atoms with van der Waals surface area (Å²) in [6.45, 7) is 3.77. The first-order chi connectivity index (χ1) is 13.9. The third-order valence-electron chi connectivity index (χ3n) is 4.62. The lowest BCUT2D eigenvalue weighted by Gasteiger charge is -2.12. The molecule has 29 heavy (non-hydrogen) atoms. The Morgan fingerprint density at radius 2 is 1.97 bits per heavy atom. The second-order valence-corrected chi connectivity index (χ2v) is 7.63. The summed E-state index contributed by atoms with van der Waals surface area (Å²) in [6, 6.07) is 11.8. The van der Waals surface area contributed by atoms with E-state index < -0.39 is 0 Å². The molecule has 3 aromatic rings. The molecular formula is C20H23N3O5S. The number of fused-ring (bicyclic) bond motifs is 1. The van der Waals surface area contributed by atoms with Gasteiger partial charge in [-0.25, -0.2) is 4.98 Å². The Morgan fingerprint density at radius 1 is 1.24 bits per heavy atom. The van der Waals surface area contributed by atoms with Crippen molar-refractivity contribution in [3.8, 4) is 5.75 Å². The van der Waals surface area contributed by atoms with E-state index in [1.54, 1.807) is 7.11 Å². The zero-order chi connectivity index (χ0) is 21.0. The molecule has 0 radical (unpaired) electrons. The first kappa shape index (κ1) is 21.2. The first-order valence-corrected chi connectivity index (χ1v) is 9.84. The molecule has 0 bridgehead atoms. The third kappa shape index (κ3) is 5.28. The Kier molecular flexibility index (Phi) is 6.78. The SMILES string of the molecule is COc1ccc2cc([C@H](C)C(=O)Nc3nc(C)c(CCON(O)O)s3)ccc2c1. The molecule has 0 saturated heterocycles. The number of nitrogens with zero attached hydrogens (tertiary/aromatic N) is 2. The molecule has 0 aliphatic rings. The van der Waals surface area contributed by atoms with Gasteiger partial charge in [0.2, 0.25) is 5.91 Å². The summed E-state index contributed by atoms with van der Waals surface area (Å²) in [4.78, 5) is 22.5. The van der Waals surface area contributed by atoms with Gasteiger partial charge in [0.25, 0.3) is 0 Å². The van der Waals surface area contributed by atoms with Crippen LogP contribution in [0.5, 0.6) is 5.75 Å². The van der Waals surface area contributed by atoms with Crippen molar-refractivity contribution in [2.75, 3.05) is 19.0 Å². The molecule has 3 N–H and O–H groups in total. The Balaban J connectivity index is 1.68. The summed E-state index contributed by atoms with van der Waals surface area (Å²) in [5, 5.41) is 22.3. The number of methoxy groups -OCH3 is 1. The highest BCUT2D eigenvalue weighted by Gasteiger charge is 2.18. The van der Waals surface area contributed by atoms with E-state index in [-0.39, 0.29) is 23.8 Å². The maximum absolute atomic E-state index is 12.7. The molecule has 1 heterocycles. The molecule has 0 spiro atoms. The van der Waals surface area contributed by atoms with E-state index >= 15 is 0 Å². The molecule has 0 aliphatic heterocycles. The van der Waals surface area contributed by atoms with Crippen LogP contribution in [0.25, 0.3) is 10.8 Å². The van der Waals surface area contributed by atoms with Gasteiger partial charge >= 0.3 is 0 Å². The van der Waals surface area contributed by atoms with E-state index in [1.807, 2.05) is 50.2 Å². The molecule has 8 nitrogen and oxygen atoms in total. The molecule has 0 unspecified atom stereocenters. The smallest absolute Gasteiger partial charge is 0.233 e. The van der Waals surface area contributed by atoms with E-state index in [1.165, 1.54) is 11.3 Å². The summed E-state index contributed by atoms with van der Waals surface area (Å²) < 4.78 is 5.25. The van der Waals surface area contributed by atoms with Gasteiger partial charge < -0.3 is 10.1 Å². The average Bonchev–Trinajstić information content (AvgIpc) is 3.05. The molecule has 3 rings (SSSR count). The minimum atomic E-state index is -0.352. The van der Waals surface area contributed by atoms with Crippen LogP contribution in [0, 0.1) is 6.92 Å². The van der Waals surface area contributed by atoms with Crippen molar-refractivity contribution in [2.45, 2.75) is 26.2 Å². The van der Waals surface area contributed by atoms with Crippen LogP contribution in [0.3, 0.4) is 0 Å². The number of carbonyl (C=O) groups is 1. The van der Waals surface area contributed by atoms with Crippen molar-refractivity contribution in [2.24, 2.45) is 0 Å². The fourth-order valence-corrected chi connectivity index (χ4v) is 3.88. The van der Waals surface area contributed by atoms with E-state index in [9.17, 15) is 4.79 Å². The van der Waals surface area contributed by atoms with Gasteiger partial charge in [-0.1, -0.05) is 24.3 Å². The normalized spacial score (nSPS) is 12.3. The zero-order valence-corrected chi connectivity index (χ0v) is 17.2. The van der Waals surface area contributed by atoms with Crippen LogP contribution >= 0.6 is 11.3 Å². The van der Waals surface area contributed by atoms with Gasteiger partial charge in [-0.05, 0) is 42.3 Å². The van der Waals surface area contributed by atoms with Gasteiger partial charge in [0.05, 0.1) is 30.7 Å². The average molecular weight is 417 g/mol. The number of benzene rings is 2. The second kappa shape index (κ2) is 9.29. The predicted molar refractivity (Wildman–Crippen MR) is 109 cm³/mol. The Labute approximate surface area is 172 Å². The van der Waals surface area contributed by atoms with E-state index in [0.717, 1.165) is 32.7 Å². The fraction of sp³-hybridized carbons (Fsp3) is 0.300. The summed E-state index contributed by atoms with van der Waals surface area (Å²) >= 11 is 1.34. The van der Waals surface area contributed by atoms with Crippen LogP contribution in [0.1, 0.15) is 29.0 Å². The minimum absolute atomic E-state index is 0.0850. The van der Waals surface area contributed by atoms with Gasteiger partial charge in [0, 0.05) is 11.3 Å². The van der Waals surface area contributed by atoms with Crippen molar-refractivity contribution in [1.29, 1.82) is 0 Å². The lowest BCUT2D eigenvalue weighted by molar-refractivity contribution is -0.492. The van der Waals surface area contributed by atoms with Gasteiger partial charge in [0.15, 0.2) is 5.13 Å². The van der Waals surface area contributed by atoms with Gasteiger partial charge in [-0.2, -0.15) is 0 Å². The van der Waals surface area contributed by atoms with Crippen LogP contribution in [0.4, 0.5) is 5.13 Å². The molecule has 2 aromatic carbocycles. The quantitative estimate of drug-likeness (QED) is 0.477. The molecule has 1 aromatic heterocycles. The maximum atomic E-state index is 12.7. The minimum Gasteiger partial charge on any atom is -0.497 e. The Bertz CT molecular complexity index is 1000. The maximum Gasteiger partial charge on any atom is 0.233 e. The summed E-state index contributed by atoms with van der Waals surface area (Å²) in [6.07, 6.45) is 0.445. The predicted octanol–water partition coefficient (Wildman–Crippen LogP) is 3.91. The van der Waals surface area contributed by atoms with Crippen LogP contribution in [-0.4, -0.2) is 40.4 Å². The molecular weight excluding hydrogens is 394 g/mol. The molecule has 154 valence electrons. The van der Waals surface area contributed by atoms with Crippen molar-refractivity contribution in [1.82, 2.24) is 10.4 Å². The number of aryl methyl sites for hydroxylation is 1. The van der Waals surface area contributed by atoms with E-state index in [4.69, 9.17) is 15.2 Å². The van der Waals surface area contributed by atoms with E-state index in [2.05, 4.69) is 15.1 Å². The highest BCUT2D eigenvalue weighted by atomic mass is 32.1. The van der Waals surface area contributed by atoms with E-state index in [0.29, 0.717) is 11.6 Å². The molecule has 1 atom stereocenters. The Hall–Kier alpha value is -2.56. The number of ether oxygens (including phenoxy) is 1. The number of hydrogen-bond acceptors (Lipinski definition) is 8. The van der Waals surface area contributed by atoms with Crippen molar-refractivity contribution in [3.63, 3.8) is 0 Å². The molecule has 0 saturated carbocycles. The number of thiazole rings is 1. The van der Waals surface area contributed by atoms with Crippen LogP contribution in [0.2, 0.25) is 0 Å². The summed E-state index contributed by atoms with van der Waals surface area (Å²) in [5.74, 6) is 0.295. The number of amides is 1. The molecule has 0 aliphatic carbocycles. The second-order valence-electron chi connectivity index (χ2n) is 6.55. The molecule has 1 amide bonds. The standard InChI is InChI=1S/C20H23N3O5S/c1-12(14-4-5-16-11-17(27-3)7-6-15(16)10-14)19(24)22-20-21-13(2)18(29-20)8-9-28-23(25)26/h4-7,10-12,25-26H,8-9H2,1-3H3,(H,21,22,24)/t12-/m0/s1. The highest BCUT2D eigenvalue weighted by Crippen LogP contribution is 2.27. The third-order valence-corrected chi connectivity index (χ3v) is 5.76. The number of aromatic nitrogens is 1. The van der Waals surface area contributed by atoms with Crippen molar-refractivity contribution >= 4 is 33.1 Å². The topological polar surface area (TPSA) is 104 Å². The highest BCUT2D eigenvalue weighted by molar-refractivity contribution is 7.15. The zero-order valence-electron chi connectivity index (χ0n) is 16.4. The molecule has 9 heteroatoms. The Morgan fingerprint density at radius 3 is 2.69 bits per heavy atom.